The van der Waals surface area contributed by atoms with Gasteiger partial charge in [0.15, 0.2) is 0 Å². The Morgan fingerprint density at radius 1 is 0.941 bits per heavy atom. The maximum Gasteiger partial charge on any atom is 0.331 e. The number of aliphatic hydroxyl groups excluding tert-OH is 2. The minimum Gasteiger partial charge on any atom is -0.478 e. The van der Waals surface area contributed by atoms with Crippen LogP contribution in [0.1, 0.15) is 106 Å². The zero-order valence-electron chi connectivity index (χ0n) is 22.4. The van der Waals surface area contributed by atoms with E-state index < -0.39 is 12.1 Å². The first-order chi connectivity index (χ1) is 15.8. The smallest absolute Gasteiger partial charge is 0.331 e. The lowest BCUT2D eigenvalue weighted by Gasteiger charge is -2.63. The molecule has 34 heavy (non-hydrogen) atoms. The van der Waals surface area contributed by atoms with E-state index in [4.69, 9.17) is 0 Å². The van der Waals surface area contributed by atoms with Crippen molar-refractivity contribution in [2.75, 3.05) is 0 Å². The molecule has 3 N–H and O–H groups in total. The van der Waals surface area contributed by atoms with E-state index in [2.05, 4.69) is 34.6 Å². The highest BCUT2D eigenvalue weighted by molar-refractivity contribution is 5.85. The fourth-order valence-electron chi connectivity index (χ4n) is 11.3. The second kappa shape index (κ2) is 7.57. The Bertz CT molecular complexity index is 892. The number of hydrogen-bond donors (Lipinski definition) is 3. The first kappa shape index (κ1) is 24.8. The van der Waals surface area contributed by atoms with Crippen molar-refractivity contribution in [2.24, 2.45) is 50.7 Å². The molecule has 0 unspecified atom stereocenters. The van der Waals surface area contributed by atoms with E-state index in [1.165, 1.54) is 57.4 Å². The van der Waals surface area contributed by atoms with Gasteiger partial charge in [0.25, 0.3) is 0 Å². The van der Waals surface area contributed by atoms with E-state index in [9.17, 15) is 20.1 Å². The highest BCUT2D eigenvalue weighted by atomic mass is 16.4. The number of carboxylic acid groups (broad SMARTS) is 1. The predicted molar refractivity (Wildman–Crippen MR) is 134 cm³/mol. The van der Waals surface area contributed by atoms with Crippen molar-refractivity contribution in [3.8, 4) is 0 Å². The Morgan fingerprint density at radius 3 is 2.26 bits per heavy atom. The predicted octanol–water partition coefficient (Wildman–Crippen LogP) is 6.20. The van der Waals surface area contributed by atoms with Crippen LogP contribution < -0.4 is 0 Å². The van der Waals surface area contributed by atoms with Gasteiger partial charge in [0.2, 0.25) is 0 Å². The second-order valence-corrected chi connectivity index (χ2v) is 14.5. The average molecular weight is 473 g/mol. The Hall–Kier alpha value is -0.870. The van der Waals surface area contributed by atoms with Crippen LogP contribution in [0.5, 0.6) is 0 Å². The van der Waals surface area contributed by atoms with E-state index >= 15 is 0 Å². The van der Waals surface area contributed by atoms with Gasteiger partial charge in [0.05, 0.1) is 12.2 Å². The maximum absolute atomic E-state index is 11.2. The molecule has 0 saturated heterocycles. The number of aliphatic carboxylic acids is 1. The van der Waals surface area contributed by atoms with Gasteiger partial charge in [-0.3, -0.25) is 0 Å². The van der Waals surface area contributed by atoms with Crippen LogP contribution in [0.15, 0.2) is 11.6 Å². The molecule has 0 aromatic rings. The van der Waals surface area contributed by atoms with Crippen LogP contribution in [0.25, 0.3) is 0 Å². The summed E-state index contributed by atoms with van der Waals surface area (Å²) < 4.78 is 0. The highest BCUT2D eigenvalue weighted by Gasteiger charge is 2.82. The SMILES string of the molecule is C/C(=C\[C@@H](O)C[C@@H](C)[C@H]1CC[C@@]2(C)[C@@H]3CC[C@H]4C(C)(C)[C@@H](O)CC[C@@]45C[C@@]35CC[C@]12C)C(=O)O. The summed E-state index contributed by atoms with van der Waals surface area (Å²) in [6.07, 6.45) is 12.7. The van der Waals surface area contributed by atoms with E-state index in [0.29, 0.717) is 40.4 Å². The lowest BCUT2D eigenvalue weighted by Crippen LogP contribution is -2.57. The molecule has 0 bridgehead atoms. The molecule has 192 valence electrons. The molecule has 0 aromatic heterocycles. The molecule has 0 heterocycles. The van der Waals surface area contributed by atoms with Crippen molar-refractivity contribution >= 4 is 5.97 Å². The Morgan fingerprint density at radius 2 is 1.59 bits per heavy atom. The van der Waals surface area contributed by atoms with Crippen LogP contribution in [-0.4, -0.2) is 33.5 Å². The van der Waals surface area contributed by atoms with Gasteiger partial charge in [-0.05, 0) is 128 Å². The number of carbonyl (C=O) groups is 1. The molecule has 2 spiro atoms. The Kier molecular flexibility index (Phi) is 5.52. The number of rotatable bonds is 5. The topological polar surface area (TPSA) is 77.8 Å². The van der Waals surface area contributed by atoms with Crippen molar-refractivity contribution in [3.63, 3.8) is 0 Å². The van der Waals surface area contributed by atoms with Gasteiger partial charge >= 0.3 is 5.97 Å². The first-order valence-corrected chi connectivity index (χ1v) is 14.0. The van der Waals surface area contributed by atoms with E-state index in [1.807, 2.05) is 0 Å². The normalized spacial score (nSPS) is 50.9. The largest absolute Gasteiger partial charge is 0.478 e. The van der Waals surface area contributed by atoms with Gasteiger partial charge in [-0.15, -0.1) is 0 Å². The van der Waals surface area contributed by atoms with E-state index in [1.54, 1.807) is 6.92 Å². The molecule has 10 atom stereocenters. The number of aliphatic hydroxyl groups is 2. The van der Waals surface area contributed by atoms with Crippen LogP contribution in [0.3, 0.4) is 0 Å². The summed E-state index contributed by atoms with van der Waals surface area (Å²) in [6.45, 7) is 13.7. The van der Waals surface area contributed by atoms with Gasteiger partial charge in [-0.25, -0.2) is 4.79 Å². The minimum absolute atomic E-state index is 0.0405. The molecule has 0 aliphatic heterocycles. The molecule has 0 radical (unpaired) electrons. The summed E-state index contributed by atoms with van der Waals surface area (Å²) in [7, 11) is 0. The third-order valence-electron chi connectivity index (χ3n) is 13.2. The summed E-state index contributed by atoms with van der Waals surface area (Å²) in [5.74, 6) is 1.47. The Labute approximate surface area is 206 Å². The molecule has 5 fully saturated rings. The van der Waals surface area contributed by atoms with Crippen LogP contribution in [0.4, 0.5) is 0 Å². The molecule has 4 nitrogen and oxygen atoms in total. The molecule has 5 aliphatic carbocycles. The fraction of sp³-hybridized carbons (Fsp3) is 0.900. The number of carboxylic acids is 1. The molecule has 5 aliphatic rings. The fourth-order valence-corrected chi connectivity index (χ4v) is 11.3. The van der Waals surface area contributed by atoms with Crippen molar-refractivity contribution in [3.05, 3.63) is 11.6 Å². The summed E-state index contributed by atoms with van der Waals surface area (Å²) in [6, 6.07) is 0. The molecule has 5 rings (SSSR count). The van der Waals surface area contributed by atoms with Gasteiger partial charge < -0.3 is 15.3 Å². The van der Waals surface area contributed by atoms with Gasteiger partial charge in [-0.1, -0.05) is 34.6 Å². The first-order valence-electron chi connectivity index (χ1n) is 14.0. The third-order valence-corrected chi connectivity index (χ3v) is 13.2. The van der Waals surface area contributed by atoms with E-state index in [0.717, 1.165) is 12.3 Å². The number of hydrogen-bond acceptors (Lipinski definition) is 3. The van der Waals surface area contributed by atoms with Crippen LogP contribution in [-0.2, 0) is 4.79 Å². The standard InChI is InChI=1S/C30H48O4/c1-18(15-20(31)16-19(2)25(33)34)21-9-11-28(6)23-8-7-22-26(3,4)24(32)10-12-29(22)17-30(23,29)14-13-27(21,28)5/h16,18,20-24,31-32H,7-15,17H2,1-6H3,(H,33,34)/b19-16+/t18-,20+,21-,22+,23+,24+,27-,28+,29-,30+/m1/s1. The molecular weight excluding hydrogens is 424 g/mol. The minimum atomic E-state index is -0.947. The van der Waals surface area contributed by atoms with Crippen molar-refractivity contribution < 1.29 is 20.1 Å². The lowest BCUT2D eigenvalue weighted by atomic mass is 9.41. The summed E-state index contributed by atoms with van der Waals surface area (Å²) in [4.78, 5) is 11.2. The van der Waals surface area contributed by atoms with Crippen LogP contribution >= 0.6 is 0 Å². The number of fused-ring (bicyclic) bond motifs is 2. The van der Waals surface area contributed by atoms with Crippen LogP contribution in [0.2, 0.25) is 0 Å². The third kappa shape index (κ3) is 3.00. The second-order valence-electron chi connectivity index (χ2n) is 14.5. The molecular formula is C30H48O4. The van der Waals surface area contributed by atoms with Gasteiger partial charge in [0, 0.05) is 5.57 Å². The van der Waals surface area contributed by atoms with Crippen LogP contribution in [0, 0.1) is 50.7 Å². The molecule has 4 heteroatoms. The average Bonchev–Trinajstić information content (AvgIpc) is 3.33. The summed E-state index contributed by atoms with van der Waals surface area (Å²) in [5, 5.41) is 30.6. The van der Waals surface area contributed by atoms with Crippen molar-refractivity contribution in [2.45, 2.75) is 118 Å². The van der Waals surface area contributed by atoms with Crippen molar-refractivity contribution in [1.82, 2.24) is 0 Å². The van der Waals surface area contributed by atoms with E-state index in [-0.39, 0.29) is 22.5 Å². The summed E-state index contributed by atoms with van der Waals surface area (Å²) >= 11 is 0. The highest BCUT2D eigenvalue weighted by Crippen LogP contribution is 2.89. The molecule has 0 aromatic carbocycles. The van der Waals surface area contributed by atoms with Gasteiger partial charge in [-0.2, -0.15) is 0 Å². The zero-order valence-corrected chi connectivity index (χ0v) is 22.4. The summed E-state index contributed by atoms with van der Waals surface area (Å²) in [5.41, 5.74) is 1.88. The monoisotopic (exact) mass is 472 g/mol. The lowest BCUT2D eigenvalue weighted by molar-refractivity contribution is -0.162. The quantitative estimate of drug-likeness (QED) is 0.416. The molecule has 5 saturated carbocycles. The van der Waals surface area contributed by atoms with Crippen molar-refractivity contribution in [1.29, 1.82) is 0 Å². The Balaban J connectivity index is 1.38. The van der Waals surface area contributed by atoms with Gasteiger partial charge in [0.1, 0.15) is 0 Å². The zero-order chi connectivity index (χ0) is 24.9. The molecule has 0 amide bonds. The maximum atomic E-state index is 11.2.